The molecule has 0 spiro atoms. The molecule has 0 aromatic carbocycles. The zero-order valence-electron chi connectivity index (χ0n) is 8.66. The summed E-state index contributed by atoms with van der Waals surface area (Å²) in [6.07, 6.45) is 1.09. The first kappa shape index (κ1) is 9.12. The van der Waals surface area contributed by atoms with Crippen LogP contribution in [0, 0.1) is 0 Å². The summed E-state index contributed by atoms with van der Waals surface area (Å²) in [7, 11) is 2.04. The van der Waals surface area contributed by atoms with E-state index < -0.39 is 0 Å². The van der Waals surface area contributed by atoms with Gasteiger partial charge in [0.2, 0.25) is 0 Å². The Morgan fingerprint density at radius 2 is 2.47 bits per heavy atom. The van der Waals surface area contributed by atoms with E-state index >= 15 is 0 Å². The second-order valence-corrected chi connectivity index (χ2v) is 4.62. The predicted octanol–water partition coefficient (Wildman–Crippen LogP) is 1.79. The maximum absolute atomic E-state index is 4.62. The van der Waals surface area contributed by atoms with Crippen LogP contribution in [0.25, 0.3) is 11.3 Å². The molecule has 78 valence electrons. The van der Waals surface area contributed by atoms with Crippen LogP contribution in [0.3, 0.4) is 0 Å². The Labute approximate surface area is 92.7 Å². The molecule has 1 N–H and O–H groups in total. The van der Waals surface area contributed by atoms with Gasteiger partial charge >= 0.3 is 0 Å². The van der Waals surface area contributed by atoms with E-state index in [0.717, 1.165) is 25.2 Å². The third-order valence-corrected chi connectivity index (χ3v) is 3.59. The number of aromatic nitrogens is 2. The highest BCUT2D eigenvalue weighted by molar-refractivity contribution is 7.08. The molecular weight excluding hydrogens is 206 g/mol. The van der Waals surface area contributed by atoms with Crippen LogP contribution in [0.1, 0.15) is 11.3 Å². The smallest absolute Gasteiger partial charge is 0.0979 e. The van der Waals surface area contributed by atoms with E-state index in [1.54, 1.807) is 11.3 Å². The van der Waals surface area contributed by atoms with Crippen molar-refractivity contribution in [2.24, 2.45) is 7.05 Å². The maximum atomic E-state index is 4.62. The van der Waals surface area contributed by atoms with E-state index in [-0.39, 0.29) is 0 Å². The van der Waals surface area contributed by atoms with Crippen molar-refractivity contribution < 1.29 is 0 Å². The Morgan fingerprint density at radius 3 is 3.27 bits per heavy atom. The number of aryl methyl sites for hydroxylation is 1. The van der Waals surface area contributed by atoms with Crippen LogP contribution in [-0.2, 0) is 20.0 Å². The van der Waals surface area contributed by atoms with Crippen molar-refractivity contribution in [1.82, 2.24) is 15.1 Å². The first-order chi connectivity index (χ1) is 7.36. The summed E-state index contributed by atoms with van der Waals surface area (Å²) in [6.45, 7) is 2.02. The van der Waals surface area contributed by atoms with Crippen LogP contribution in [0.2, 0.25) is 0 Å². The summed E-state index contributed by atoms with van der Waals surface area (Å²) < 4.78 is 2.03. The van der Waals surface area contributed by atoms with Crippen molar-refractivity contribution in [3.05, 3.63) is 28.1 Å². The Morgan fingerprint density at radius 1 is 1.53 bits per heavy atom. The van der Waals surface area contributed by atoms with Crippen molar-refractivity contribution >= 4 is 11.3 Å². The third kappa shape index (κ3) is 1.41. The summed E-state index contributed by atoms with van der Waals surface area (Å²) in [4.78, 5) is 0. The summed E-state index contributed by atoms with van der Waals surface area (Å²) in [5.41, 5.74) is 5.17. The fourth-order valence-electron chi connectivity index (χ4n) is 2.15. The van der Waals surface area contributed by atoms with Gasteiger partial charge in [0, 0.05) is 48.8 Å². The Kier molecular flexibility index (Phi) is 2.11. The molecular formula is C11H13N3S. The first-order valence-electron chi connectivity index (χ1n) is 5.14. The fourth-order valence-corrected chi connectivity index (χ4v) is 2.79. The minimum absolute atomic E-state index is 0.953. The molecule has 0 fully saturated rings. The SMILES string of the molecule is Cn1nc(-c2ccsc2)c2c1CCNC2. The van der Waals surface area contributed by atoms with E-state index in [1.165, 1.54) is 16.8 Å². The standard InChI is InChI=1S/C11H13N3S/c1-14-10-2-4-12-6-9(10)11(13-14)8-3-5-15-7-8/h3,5,7,12H,2,4,6H2,1H3. The molecule has 0 saturated heterocycles. The van der Waals surface area contributed by atoms with E-state index in [1.807, 2.05) is 11.7 Å². The molecule has 1 aliphatic rings. The molecule has 4 heteroatoms. The molecule has 0 radical (unpaired) electrons. The molecule has 0 saturated carbocycles. The lowest BCUT2D eigenvalue weighted by molar-refractivity contribution is 0.604. The lowest BCUT2D eigenvalue weighted by atomic mass is 10.0. The number of thiophene rings is 1. The molecule has 0 bridgehead atoms. The van der Waals surface area contributed by atoms with Crippen LogP contribution < -0.4 is 5.32 Å². The van der Waals surface area contributed by atoms with Crippen LogP contribution in [0.5, 0.6) is 0 Å². The Hall–Kier alpha value is -1.13. The minimum atomic E-state index is 0.953. The van der Waals surface area contributed by atoms with E-state index in [2.05, 4.69) is 27.2 Å². The fraction of sp³-hybridized carbons (Fsp3) is 0.364. The molecule has 0 aliphatic carbocycles. The largest absolute Gasteiger partial charge is 0.312 e. The number of hydrogen-bond donors (Lipinski definition) is 1. The van der Waals surface area contributed by atoms with Crippen molar-refractivity contribution in [3.8, 4) is 11.3 Å². The molecule has 3 rings (SSSR count). The number of fused-ring (bicyclic) bond motifs is 1. The molecule has 1 aliphatic heterocycles. The van der Waals surface area contributed by atoms with E-state index in [4.69, 9.17) is 0 Å². The number of rotatable bonds is 1. The molecule has 0 atom stereocenters. The summed E-state index contributed by atoms with van der Waals surface area (Å²) in [6, 6.07) is 2.14. The van der Waals surface area contributed by atoms with Crippen LogP contribution in [-0.4, -0.2) is 16.3 Å². The second-order valence-electron chi connectivity index (χ2n) is 3.84. The van der Waals surface area contributed by atoms with Gasteiger partial charge in [-0.2, -0.15) is 16.4 Å². The molecule has 2 aromatic heterocycles. The molecule has 2 aromatic rings. The highest BCUT2D eigenvalue weighted by Gasteiger charge is 2.19. The number of nitrogens with one attached hydrogen (secondary N) is 1. The second kappa shape index (κ2) is 3.47. The normalized spacial score (nSPS) is 15.3. The lowest BCUT2D eigenvalue weighted by Crippen LogP contribution is -2.24. The summed E-state index contributed by atoms with van der Waals surface area (Å²) in [5, 5.41) is 12.3. The average molecular weight is 219 g/mol. The zero-order chi connectivity index (χ0) is 10.3. The van der Waals surface area contributed by atoms with E-state index in [0.29, 0.717) is 0 Å². The van der Waals surface area contributed by atoms with Gasteiger partial charge < -0.3 is 5.32 Å². The quantitative estimate of drug-likeness (QED) is 0.792. The van der Waals surface area contributed by atoms with Gasteiger partial charge in [-0.15, -0.1) is 0 Å². The topological polar surface area (TPSA) is 29.9 Å². The monoisotopic (exact) mass is 219 g/mol. The van der Waals surface area contributed by atoms with Gasteiger partial charge in [0.15, 0.2) is 0 Å². The summed E-state index contributed by atoms with van der Waals surface area (Å²) in [5.74, 6) is 0. The van der Waals surface area contributed by atoms with Gasteiger partial charge in [0.25, 0.3) is 0 Å². The van der Waals surface area contributed by atoms with Crippen molar-refractivity contribution in [1.29, 1.82) is 0 Å². The van der Waals surface area contributed by atoms with Gasteiger partial charge in [0.05, 0.1) is 5.69 Å². The predicted molar refractivity (Wildman–Crippen MR) is 61.9 cm³/mol. The zero-order valence-corrected chi connectivity index (χ0v) is 9.47. The minimum Gasteiger partial charge on any atom is -0.312 e. The lowest BCUT2D eigenvalue weighted by Gasteiger charge is -2.13. The Bertz CT molecular complexity index is 470. The highest BCUT2D eigenvalue weighted by Crippen LogP contribution is 2.28. The molecule has 0 amide bonds. The Balaban J connectivity index is 2.16. The van der Waals surface area contributed by atoms with Gasteiger partial charge in [-0.25, -0.2) is 0 Å². The summed E-state index contributed by atoms with van der Waals surface area (Å²) >= 11 is 1.72. The van der Waals surface area contributed by atoms with Crippen LogP contribution in [0.15, 0.2) is 16.8 Å². The number of hydrogen-bond acceptors (Lipinski definition) is 3. The van der Waals surface area contributed by atoms with Crippen molar-refractivity contribution in [2.45, 2.75) is 13.0 Å². The van der Waals surface area contributed by atoms with Gasteiger partial charge in [-0.1, -0.05) is 0 Å². The molecule has 3 heterocycles. The van der Waals surface area contributed by atoms with E-state index in [9.17, 15) is 0 Å². The third-order valence-electron chi connectivity index (χ3n) is 2.91. The van der Waals surface area contributed by atoms with Crippen LogP contribution >= 0.6 is 11.3 Å². The average Bonchev–Trinajstić information content (AvgIpc) is 2.87. The first-order valence-corrected chi connectivity index (χ1v) is 6.08. The van der Waals surface area contributed by atoms with Gasteiger partial charge in [0.1, 0.15) is 0 Å². The van der Waals surface area contributed by atoms with Crippen molar-refractivity contribution in [2.75, 3.05) is 6.54 Å². The molecule has 0 unspecified atom stereocenters. The van der Waals surface area contributed by atoms with Gasteiger partial charge in [-0.3, -0.25) is 4.68 Å². The highest BCUT2D eigenvalue weighted by atomic mass is 32.1. The molecule has 15 heavy (non-hydrogen) atoms. The van der Waals surface area contributed by atoms with Gasteiger partial charge in [-0.05, 0) is 11.4 Å². The number of nitrogens with zero attached hydrogens (tertiary/aromatic N) is 2. The molecule has 3 nitrogen and oxygen atoms in total. The van der Waals surface area contributed by atoms with Crippen molar-refractivity contribution in [3.63, 3.8) is 0 Å². The van der Waals surface area contributed by atoms with Crippen LogP contribution in [0.4, 0.5) is 0 Å². The maximum Gasteiger partial charge on any atom is 0.0979 e.